The van der Waals surface area contributed by atoms with Gasteiger partial charge in [0.05, 0.1) is 23.9 Å². The average molecular weight is 483 g/mol. The summed E-state index contributed by atoms with van der Waals surface area (Å²) in [6, 6.07) is 13.8. The van der Waals surface area contributed by atoms with Gasteiger partial charge in [0.15, 0.2) is 11.6 Å². The zero-order chi connectivity index (χ0) is 24.9. The third kappa shape index (κ3) is 5.58. The number of ether oxygens (including phenoxy) is 1. The Bertz CT molecular complexity index is 1250. The maximum atomic E-state index is 13.9. The van der Waals surface area contributed by atoms with Crippen LogP contribution in [0.3, 0.4) is 0 Å². The summed E-state index contributed by atoms with van der Waals surface area (Å²) in [5, 5.41) is 5.79. The number of hydrogen-bond donors (Lipinski definition) is 2. The maximum absolute atomic E-state index is 13.9. The van der Waals surface area contributed by atoms with Crippen molar-refractivity contribution >= 4 is 11.7 Å². The first-order chi connectivity index (χ1) is 16.9. The summed E-state index contributed by atoms with van der Waals surface area (Å²) in [4.78, 5) is 28.0. The van der Waals surface area contributed by atoms with Gasteiger partial charge in [0, 0.05) is 45.9 Å². The first kappa shape index (κ1) is 24.6. The SMILES string of the molecule is COCCN1CC(NC(=O)Nc2ccn(C)c(=O)c2-c2ccccc2)C(c2ccc(F)c(F)c2)C1. The fourth-order valence-electron chi connectivity index (χ4n) is 4.46. The van der Waals surface area contributed by atoms with Crippen LogP contribution < -0.4 is 16.2 Å². The lowest BCUT2D eigenvalue weighted by atomic mass is 9.94. The van der Waals surface area contributed by atoms with E-state index in [0.717, 1.165) is 6.07 Å². The first-order valence-corrected chi connectivity index (χ1v) is 11.4. The number of methoxy groups -OCH3 is 1. The van der Waals surface area contributed by atoms with Crippen molar-refractivity contribution in [2.24, 2.45) is 7.05 Å². The topological polar surface area (TPSA) is 75.6 Å². The van der Waals surface area contributed by atoms with Crippen molar-refractivity contribution in [1.82, 2.24) is 14.8 Å². The third-order valence-electron chi connectivity index (χ3n) is 6.27. The number of nitrogens with one attached hydrogen (secondary N) is 2. The molecule has 0 saturated carbocycles. The van der Waals surface area contributed by atoms with E-state index in [1.54, 1.807) is 32.5 Å². The second-order valence-electron chi connectivity index (χ2n) is 8.62. The standard InChI is InChI=1S/C26H28F2N4O3/c1-31-11-10-22(24(25(31)33)17-6-4-3-5-7-17)29-26(34)30-23-16-32(12-13-35-2)15-19(23)18-8-9-20(27)21(28)14-18/h3-11,14,19,23H,12-13,15-16H2,1-2H3,(H2,29,30,34). The molecule has 2 atom stereocenters. The predicted molar refractivity (Wildman–Crippen MR) is 130 cm³/mol. The van der Waals surface area contributed by atoms with Crippen LogP contribution in [0.25, 0.3) is 11.1 Å². The Morgan fingerprint density at radius 2 is 1.86 bits per heavy atom. The van der Waals surface area contributed by atoms with Gasteiger partial charge in [-0.2, -0.15) is 0 Å². The van der Waals surface area contributed by atoms with E-state index in [-0.39, 0.29) is 17.5 Å². The van der Waals surface area contributed by atoms with Crippen LogP contribution in [0.15, 0.2) is 65.6 Å². The van der Waals surface area contributed by atoms with Gasteiger partial charge in [0.2, 0.25) is 0 Å². The molecule has 0 bridgehead atoms. The normalized spacial score (nSPS) is 17.9. The van der Waals surface area contributed by atoms with Crippen molar-refractivity contribution in [3.05, 3.63) is 88.3 Å². The van der Waals surface area contributed by atoms with E-state index in [2.05, 4.69) is 15.5 Å². The van der Waals surface area contributed by atoms with Crippen molar-refractivity contribution in [2.75, 3.05) is 38.7 Å². The minimum Gasteiger partial charge on any atom is -0.383 e. The molecule has 2 amide bonds. The molecular formula is C26H28F2N4O3. The third-order valence-corrected chi connectivity index (χ3v) is 6.27. The minimum absolute atomic E-state index is 0.236. The Hall–Kier alpha value is -3.56. The lowest BCUT2D eigenvalue weighted by Gasteiger charge is -2.21. The van der Waals surface area contributed by atoms with Crippen LogP contribution >= 0.6 is 0 Å². The van der Waals surface area contributed by atoms with Gasteiger partial charge in [0.25, 0.3) is 5.56 Å². The molecule has 0 aliphatic carbocycles. The van der Waals surface area contributed by atoms with Gasteiger partial charge < -0.3 is 19.9 Å². The van der Waals surface area contributed by atoms with Crippen LogP contribution in [0, 0.1) is 11.6 Å². The van der Waals surface area contributed by atoms with E-state index in [4.69, 9.17) is 4.74 Å². The molecule has 35 heavy (non-hydrogen) atoms. The largest absolute Gasteiger partial charge is 0.383 e. The Kier molecular flexibility index (Phi) is 7.57. The van der Waals surface area contributed by atoms with Crippen LogP contribution in [-0.4, -0.2) is 54.9 Å². The van der Waals surface area contributed by atoms with Crippen molar-refractivity contribution in [2.45, 2.75) is 12.0 Å². The summed E-state index contributed by atoms with van der Waals surface area (Å²) in [5.41, 5.74) is 1.83. The van der Waals surface area contributed by atoms with Gasteiger partial charge in [-0.15, -0.1) is 0 Å². The highest BCUT2D eigenvalue weighted by atomic mass is 19.2. The smallest absolute Gasteiger partial charge is 0.319 e. The molecule has 0 spiro atoms. The molecule has 2 unspecified atom stereocenters. The van der Waals surface area contributed by atoms with Gasteiger partial charge in [0.1, 0.15) is 0 Å². The van der Waals surface area contributed by atoms with Gasteiger partial charge in [-0.25, -0.2) is 13.6 Å². The van der Waals surface area contributed by atoms with Gasteiger partial charge >= 0.3 is 6.03 Å². The zero-order valence-corrected chi connectivity index (χ0v) is 19.6. The molecule has 2 aromatic carbocycles. The second kappa shape index (κ2) is 10.8. The van der Waals surface area contributed by atoms with E-state index in [1.165, 1.54) is 10.6 Å². The molecule has 2 N–H and O–H groups in total. The van der Waals surface area contributed by atoms with Crippen molar-refractivity contribution in [3.8, 4) is 11.1 Å². The van der Waals surface area contributed by atoms with Gasteiger partial charge in [-0.1, -0.05) is 36.4 Å². The number of aromatic nitrogens is 1. The zero-order valence-electron chi connectivity index (χ0n) is 19.6. The number of amides is 2. The molecule has 2 heterocycles. The molecule has 1 aliphatic heterocycles. The van der Waals surface area contributed by atoms with Crippen LogP contribution in [0.1, 0.15) is 11.5 Å². The summed E-state index contributed by atoms with van der Waals surface area (Å²) in [6.45, 7) is 2.23. The Balaban J connectivity index is 1.57. The molecule has 184 valence electrons. The molecule has 1 aromatic heterocycles. The molecule has 9 heteroatoms. The number of carbonyl (C=O) groups is 1. The summed E-state index contributed by atoms with van der Waals surface area (Å²) in [7, 11) is 3.26. The molecule has 4 rings (SSSR count). The summed E-state index contributed by atoms with van der Waals surface area (Å²) < 4.78 is 34.1. The highest BCUT2D eigenvalue weighted by Gasteiger charge is 2.35. The number of rotatable bonds is 7. The monoisotopic (exact) mass is 482 g/mol. The van der Waals surface area contributed by atoms with Gasteiger partial charge in [-0.3, -0.25) is 9.69 Å². The average Bonchev–Trinajstić information content (AvgIpc) is 3.24. The number of halogens is 2. The lowest BCUT2D eigenvalue weighted by molar-refractivity contribution is 0.159. The number of anilines is 1. The highest BCUT2D eigenvalue weighted by molar-refractivity contribution is 5.94. The van der Waals surface area contributed by atoms with E-state index in [9.17, 15) is 18.4 Å². The fraction of sp³-hybridized carbons (Fsp3) is 0.308. The number of urea groups is 1. The molecule has 7 nitrogen and oxygen atoms in total. The van der Waals surface area contributed by atoms with Crippen LogP contribution in [-0.2, 0) is 11.8 Å². The number of hydrogen-bond acceptors (Lipinski definition) is 4. The lowest BCUT2D eigenvalue weighted by Crippen LogP contribution is -2.42. The second-order valence-corrected chi connectivity index (χ2v) is 8.62. The molecular weight excluding hydrogens is 454 g/mol. The Morgan fingerprint density at radius 1 is 1.09 bits per heavy atom. The van der Waals surface area contributed by atoms with Crippen molar-refractivity contribution in [1.29, 1.82) is 0 Å². The van der Waals surface area contributed by atoms with Crippen LogP contribution in [0.2, 0.25) is 0 Å². The molecule has 1 saturated heterocycles. The number of pyridine rings is 1. The predicted octanol–water partition coefficient (Wildman–Crippen LogP) is 3.57. The summed E-state index contributed by atoms with van der Waals surface area (Å²) in [5.74, 6) is -2.08. The summed E-state index contributed by atoms with van der Waals surface area (Å²) >= 11 is 0. The molecule has 3 aromatic rings. The molecule has 1 fully saturated rings. The minimum atomic E-state index is -0.923. The van der Waals surface area contributed by atoms with Crippen molar-refractivity contribution < 1.29 is 18.3 Å². The highest BCUT2D eigenvalue weighted by Crippen LogP contribution is 2.29. The van der Waals surface area contributed by atoms with E-state index < -0.39 is 17.7 Å². The van der Waals surface area contributed by atoms with E-state index >= 15 is 0 Å². The number of likely N-dealkylation sites (tertiary alicyclic amines) is 1. The number of carbonyl (C=O) groups excluding carboxylic acids is 1. The Morgan fingerprint density at radius 3 is 2.57 bits per heavy atom. The van der Waals surface area contributed by atoms with E-state index in [1.807, 2.05) is 30.3 Å². The van der Waals surface area contributed by atoms with E-state index in [0.29, 0.717) is 48.6 Å². The number of nitrogens with zero attached hydrogens (tertiary/aromatic N) is 2. The van der Waals surface area contributed by atoms with Gasteiger partial charge in [-0.05, 0) is 29.3 Å². The summed E-state index contributed by atoms with van der Waals surface area (Å²) in [6.07, 6.45) is 1.59. The molecule has 1 aliphatic rings. The fourth-order valence-corrected chi connectivity index (χ4v) is 4.46. The molecule has 0 radical (unpaired) electrons. The number of benzene rings is 2. The van der Waals surface area contributed by atoms with Crippen LogP contribution in [0.5, 0.6) is 0 Å². The maximum Gasteiger partial charge on any atom is 0.319 e. The Labute approximate surface area is 202 Å². The number of aryl methyl sites for hydroxylation is 1. The quantitative estimate of drug-likeness (QED) is 0.540. The first-order valence-electron chi connectivity index (χ1n) is 11.4. The van der Waals surface area contributed by atoms with Crippen molar-refractivity contribution in [3.63, 3.8) is 0 Å². The van der Waals surface area contributed by atoms with Crippen LogP contribution in [0.4, 0.5) is 19.3 Å².